The van der Waals surface area contributed by atoms with Crippen LogP contribution in [0.25, 0.3) is 0 Å². The van der Waals surface area contributed by atoms with Crippen LogP contribution in [0.3, 0.4) is 0 Å². The Labute approximate surface area is 107 Å². The lowest BCUT2D eigenvalue weighted by molar-refractivity contribution is -0.142. The van der Waals surface area contributed by atoms with Gasteiger partial charge < -0.3 is 10.4 Å². The summed E-state index contributed by atoms with van der Waals surface area (Å²) in [5.41, 5.74) is 0. The zero-order valence-corrected chi connectivity index (χ0v) is 11.3. The van der Waals surface area contributed by atoms with Crippen LogP contribution in [-0.2, 0) is 9.59 Å². The molecular formula is C12H21NO3S. The lowest BCUT2D eigenvalue weighted by Gasteiger charge is -2.23. The normalized spacial score (nSPS) is 22.2. The van der Waals surface area contributed by atoms with E-state index in [-0.39, 0.29) is 17.1 Å². The summed E-state index contributed by atoms with van der Waals surface area (Å²) in [6.45, 7) is 3.91. The van der Waals surface area contributed by atoms with Gasteiger partial charge in [-0.1, -0.05) is 20.3 Å². The van der Waals surface area contributed by atoms with E-state index in [0.717, 1.165) is 25.0 Å². The fourth-order valence-electron chi connectivity index (χ4n) is 1.91. The van der Waals surface area contributed by atoms with Crippen LogP contribution in [0, 0.1) is 5.92 Å². The molecule has 0 aromatic carbocycles. The molecule has 5 heteroatoms. The lowest BCUT2D eigenvalue weighted by Crippen LogP contribution is -2.45. The van der Waals surface area contributed by atoms with Crippen molar-refractivity contribution < 1.29 is 14.7 Å². The monoisotopic (exact) mass is 259 g/mol. The van der Waals surface area contributed by atoms with E-state index < -0.39 is 12.0 Å². The Balaban J connectivity index is 2.47. The summed E-state index contributed by atoms with van der Waals surface area (Å²) in [5.74, 6) is 0.214. The maximum Gasteiger partial charge on any atom is 0.326 e. The second kappa shape index (κ2) is 6.89. The van der Waals surface area contributed by atoms with Crippen molar-refractivity contribution >= 4 is 23.6 Å². The fourth-order valence-corrected chi connectivity index (χ4v) is 3.11. The van der Waals surface area contributed by atoms with Crippen molar-refractivity contribution in [3.05, 3.63) is 0 Å². The molecule has 1 heterocycles. The van der Waals surface area contributed by atoms with Crippen molar-refractivity contribution in [2.24, 2.45) is 5.92 Å². The molecule has 1 fully saturated rings. The third-order valence-corrected chi connectivity index (χ3v) is 4.17. The van der Waals surface area contributed by atoms with Crippen LogP contribution in [-0.4, -0.2) is 34.0 Å². The molecule has 2 unspecified atom stereocenters. The molecule has 1 amide bonds. The van der Waals surface area contributed by atoms with Gasteiger partial charge in [-0.3, -0.25) is 4.79 Å². The minimum atomic E-state index is -0.937. The Morgan fingerprint density at radius 1 is 1.41 bits per heavy atom. The number of thioether (sulfide) groups is 1. The Morgan fingerprint density at radius 2 is 2.12 bits per heavy atom. The SMILES string of the molecule is CC(C)CC(NC(=O)C1CCCCS1)C(=O)O. The number of aliphatic carboxylic acids is 1. The van der Waals surface area contributed by atoms with Crippen molar-refractivity contribution in [1.82, 2.24) is 5.32 Å². The summed E-state index contributed by atoms with van der Waals surface area (Å²) in [5, 5.41) is 11.6. The molecule has 0 saturated carbocycles. The van der Waals surface area contributed by atoms with Crippen LogP contribution in [0.1, 0.15) is 39.5 Å². The maximum atomic E-state index is 11.9. The predicted molar refractivity (Wildman–Crippen MR) is 69.1 cm³/mol. The highest BCUT2D eigenvalue weighted by atomic mass is 32.2. The van der Waals surface area contributed by atoms with E-state index in [9.17, 15) is 9.59 Å². The molecule has 98 valence electrons. The quantitative estimate of drug-likeness (QED) is 0.791. The molecule has 4 nitrogen and oxygen atoms in total. The predicted octanol–water partition coefficient (Wildman–Crippen LogP) is 1.89. The summed E-state index contributed by atoms with van der Waals surface area (Å²) in [7, 11) is 0. The average molecular weight is 259 g/mol. The van der Waals surface area contributed by atoms with Crippen molar-refractivity contribution in [2.75, 3.05) is 5.75 Å². The minimum Gasteiger partial charge on any atom is -0.480 e. The molecule has 2 atom stereocenters. The van der Waals surface area contributed by atoms with E-state index in [1.807, 2.05) is 13.8 Å². The van der Waals surface area contributed by atoms with Gasteiger partial charge in [0.1, 0.15) is 6.04 Å². The first-order valence-electron chi connectivity index (χ1n) is 6.15. The number of carboxylic acids is 1. The van der Waals surface area contributed by atoms with Gasteiger partial charge in [0.2, 0.25) is 5.91 Å². The Hall–Kier alpha value is -0.710. The molecule has 1 aliphatic heterocycles. The van der Waals surface area contributed by atoms with Gasteiger partial charge in [-0.2, -0.15) is 0 Å². The molecular weight excluding hydrogens is 238 g/mol. The van der Waals surface area contributed by atoms with E-state index in [1.54, 1.807) is 11.8 Å². The largest absolute Gasteiger partial charge is 0.480 e. The van der Waals surface area contributed by atoms with Gasteiger partial charge in [0.25, 0.3) is 0 Å². The Kier molecular flexibility index (Phi) is 5.82. The topological polar surface area (TPSA) is 66.4 Å². The minimum absolute atomic E-state index is 0.0576. The van der Waals surface area contributed by atoms with Gasteiger partial charge in [0, 0.05) is 0 Å². The number of carboxylic acid groups (broad SMARTS) is 1. The number of carbonyl (C=O) groups excluding carboxylic acids is 1. The van der Waals surface area contributed by atoms with Gasteiger partial charge in [-0.05, 0) is 30.9 Å². The molecule has 0 aromatic rings. The number of rotatable bonds is 5. The van der Waals surface area contributed by atoms with Crippen LogP contribution in [0.15, 0.2) is 0 Å². The smallest absolute Gasteiger partial charge is 0.326 e. The average Bonchev–Trinajstić information content (AvgIpc) is 2.28. The molecule has 0 aliphatic carbocycles. The van der Waals surface area contributed by atoms with E-state index in [0.29, 0.717) is 6.42 Å². The number of hydrogen-bond acceptors (Lipinski definition) is 3. The lowest BCUT2D eigenvalue weighted by atomic mass is 10.0. The van der Waals surface area contributed by atoms with Crippen LogP contribution >= 0.6 is 11.8 Å². The first-order chi connectivity index (χ1) is 8.00. The third kappa shape index (κ3) is 4.98. The molecule has 0 aromatic heterocycles. The van der Waals surface area contributed by atoms with Gasteiger partial charge in [-0.15, -0.1) is 11.8 Å². The van der Waals surface area contributed by atoms with Crippen molar-refractivity contribution in [2.45, 2.75) is 50.8 Å². The highest BCUT2D eigenvalue weighted by molar-refractivity contribution is 8.00. The van der Waals surface area contributed by atoms with Gasteiger partial charge >= 0.3 is 5.97 Å². The standard InChI is InChI=1S/C12H21NO3S/c1-8(2)7-9(12(15)16)13-11(14)10-5-3-4-6-17-10/h8-10H,3-7H2,1-2H3,(H,13,14)(H,15,16). The summed E-state index contributed by atoms with van der Waals surface area (Å²) >= 11 is 1.64. The first-order valence-corrected chi connectivity index (χ1v) is 7.20. The molecule has 0 bridgehead atoms. The molecule has 17 heavy (non-hydrogen) atoms. The van der Waals surface area contributed by atoms with Crippen LogP contribution in [0.4, 0.5) is 0 Å². The second-order valence-corrected chi connectivity index (χ2v) is 6.19. The molecule has 0 radical (unpaired) electrons. The molecule has 0 spiro atoms. The van der Waals surface area contributed by atoms with E-state index in [4.69, 9.17) is 5.11 Å². The molecule has 2 N–H and O–H groups in total. The number of nitrogens with one attached hydrogen (secondary N) is 1. The van der Waals surface area contributed by atoms with Crippen LogP contribution < -0.4 is 5.32 Å². The number of amides is 1. The summed E-state index contributed by atoms with van der Waals surface area (Å²) in [6.07, 6.45) is 3.57. The van der Waals surface area contributed by atoms with Gasteiger partial charge in [-0.25, -0.2) is 4.79 Å². The fraction of sp³-hybridized carbons (Fsp3) is 0.833. The van der Waals surface area contributed by atoms with Crippen molar-refractivity contribution in [1.29, 1.82) is 0 Å². The summed E-state index contributed by atoms with van der Waals surface area (Å²) < 4.78 is 0. The molecule has 1 aliphatic rings. The highest BCUT2D eigenvalue weighted by Gasteiger charge is 2.27. The third-order valence-electron chi connectivity index (χ3n) is 2.79. The second-order valence-electron chi connectivity index (χ2n) is 4.88. The van der Waals surface area contributed by atoms with Crippen LogP contribution in [0.2, 0.25) is 0 Å². The maximum absolute atomic E-state index is 11.9. The Morgan fingerprint density at radius 3 is 2.59 bits per heavy atom. The molecule has 1 rings (SSSR count). The zero-order valence-electron chi connectivity index (χ0n) is 10.4. The van der Waals surface area contributed by atoms with Crippen LogP contribution in [0.5, 0.6) is 0 Å². The van der Waals surface area contributed by atoms with Gasteiger partial charge in [0.05, 0.1) is 5.25 Å². The zero-order chi connectivity index (χ0) is 12.8. The summed E-state index contributed by atoms with van der Waals surface area (Å²) in [4.78, 5) is 22.9. The van der Waals surface area contributed by atoms with Crippen molar-refractivity contribution in [3.8, 4) is 0 Å². The highest BCUT2D eigenvalue weighted by Crippen LogP contribution is 2.25. The van der Waals surface area contributed by atoms with Crippen molar-refractivity contribution in [3.63, 3.8) is 0 Å². The number of hydrogen-bond donors (Lipinski definition) is 2. The molecule has 1 saturated heterocycles. The first kappa shape index (κ1) is 14.4. The Bertz CT molecular complexity index is 275. The number of carbonyl (C=O) groups is 2. The van der Waals surface area contributed by atoms with Gasteiger partial charge in [0.15, 0.2) is 0 Å². The van der Waals surface area contributed by atoms with E-state index in [2.05, 4.69) is 5.32 Å². The van der Waals surface area contributed by atoms with E-state index >= 15 is 0 Å². The summed E-state index contributed by atoms with van der Waals surface area (Å²) in [6, 6.07) is -0.745. The van der Waals surface area contributed by atoms with E-state index in [1.165, 1.54) is 0 Å².